The van der Waals surface area contributed by atoms with Crippen LogP contribution < -0.4 is 5.32 Å². The van der Waals surface area contributed by atoms with E-state index in [4.69, 9.17) is 11.6 Å². The lowest BCUT2D eigenvalue weighted by atomic mass is 10.2. The van der Waals surface area contributed by atoms with Crippen LogP contribution in [-0.4, -0.2) is 27.1 Å². The Bertz CT molecular complexity index is 666. The molecule has 0 aliphatic rings. The van der Waals surface area contributed by atoms with Crippen LogP contribution in [0.3, 0.4) is 0 Å². The van der Waals surface area contributed by atoms with Crippen molar-refractivity contribution < 1.29 is 4.79 Å². The summed E-state index contributed by atoms with van der Waals surface area (Å²) in [5.74, 6) is 1.03. The number of hydrogen-bond donors (Lipinski definition) is 1. The van der Waals surface area contributed by atoms with E-state index in [1.165, 1.54) is 24.6 Å². The van der Waals surface area contributed by atoms with Gasteiger partial charge in [-0.3, -0.25) is 4.79 Å². The first-order chi connectivity index (χ1) is 11.6. The highest BCUT2D eigenvalue weighted by Crippen LogP contribution is 2.31. The zero-order valence-electron chi connectivity index (χ0n) is 13.6. The van der Waals surface area contributed by atoms with Crippen LogP contribution in [0.4, 0.5) is 0 Å². The van der Waals surface area contributed by atoms with E-state index in [0.29, 0.717) is 11.6 Å². The zero-order chi connectivity index (χ0) is 17.4. The lowest BCUT2D eigenvalue weighted by Crippen LogP contribution is -2.30. The number of hydrogen-bond acceptors (Lipinski definition) is 6. The van der Waals surface area contributed by atoms with Gasteiger partial charge in [0, 0.05) is 17.3 Å². The van der Waals surface area contributed by atoms with Crippen LogP contribution in [0.5, 0.6) is 0 Å². The lowest BCUT2D eigenvalue weighted by Gasteiger charge is -2.11. The molecule has 1 atom stereocenters. The summed E-state index contributed by atoms with van der Waals surface area (Å²) in [4.78, 5) is 12.2. The molecule has 0 saturated carbocycles. The third kappa shape index (κ3) is 6.27. The summed E-state index contributed by atoms with van der Waals surface area (Å²) >= 11 is 10.8. The highest BCUT2D eigenvalue weighted by atomic mass is 35.5. The van der Waals surface area contributed by atoms with Gasteiger partial charge in [0.2, 0.25) is 5.91 Å². The summed E-state index contributed by atoms with van der Waals surface area (Å²) in [7, 11) is 0. The molecular formula is C16H20ClN3OS3. The summed E-state index contributed by atoms with van der Waals surface area (Å²) in [5, 5.41) is 11.7. The first-order valence-electron chi connectivity index (χ1n) is 7.74. The number of carbonyl (C=O) groups excluding carboxylic acids is 1. The Balaban J connectivity index is 1.80. The third-order valence-corrected chi connectivity index (χ3v) is 6.86. The molecule has 1 amide bonds. The van der Waals surface area contributed by atoms with Gasteiger partial charge in [0.1, 0.15) is 0 Å². The van der Waals surface area contributed by atoms with Gasteiger partial charge in [-0.2, -0.15) is 0 Å². The minimum absolute atomic E-state index is 0.0321. The van der Waals surface area contributed by atoms with E-state index >= 15 is 0 Å². The van der Waals surface area contributed by atoms with Crippen LogP contribution in [0.25, 0.3) is 0 Å². The molecule has 24 heavy (non-hydrogen) atoms. The van der Waals surface area contributed by atoms with Gasteiger partial charge in [-0.15, -0.1) is 10.2 Å². The van der Waals surface area contributed by atoms with Gasteiger partial charge in [-0.25, -0.2) is 0 Å². The average molecular weight is 402 g/mol. The van der Waals surface area contributed by atoms with Gasteiger partial charge in [-0.1, -0.05) is 78.0 Å². The standard InChI is InChI=1S/C16H20ClN3OS3/c1-3-4-9-22-15-19-20-16(24-15)23-11(2)14(21)18-10-12-7-5-6-8-13(12)17/h5-8,11H,3-4,9-10H2,1-2H3,(H,18,21). The molecule has 8 heteroatoms. The van der Waals surface area contributed by atoms with Crippen molar-refractivity contribution in [1.29, 1.82) is 0 Å². The van der Waals surface area contributed by atoms with Crippen LogP contribution in [0, 0.1) is 0 Å². The summed E-state index contributed by atoms with van der Waals surface area (Å²) in [6.07, 6.45) is 2.35. The zero-order valence-corrected chi connectivity index (χ0v) is 16.8. The largest absolute Gasteiger partial charge is 0.351 e. The second-order valence-corrected chi connectivity index (χ2v) is 9.42. The van der Waals surface area contributed by atoms with E-state index < -0.39 is 0 Å². The maximum Gasteiger partial charge on any atom is 0.233 e. The van der Waals surface area contributed by atoms with E-state index in [2.05, 4.69) is 22.4 Å². The Kier molecular flexibility index (Phi) is 8.38. The molecule has 1 aromatic carbocycles. The van der Waals surface area contributed by atoms with Gasteiger partial charge in [-0.05, 0) is 25.0 Å². The van der Waals surface area contributed by atoms with Gasteiger partial charge in [0.05, 0.1) is 5.25 Å². The number of carbonyl (C=O) groups is 1. The second-order valence-electron chi connectivity index (χ2n) is 5.11. The van der Waals surface area contributed by atoms with Crippen LogP contribution >= 0.6 is 46.5 Å². The van der Waals surface area contributed by atoms with Gasteiger partial charge >= 0.3 is 0 Å². The Labute approximate surface area is 160 Å². The number of rotatable bonds is 9. The Morgan fingerprint density at radius 3 is 2.83 bits per heavy atom. The second kappa shape index (κ2) is 10.3. The molecule has 1 N–H and O–H groups in total. The van der Waals surface area contributed by atoms with Crippen molar-refractivity contribution >= 4 is 52.4 Å². The number of halogens is 1. The number of benzene rings is 1. The molecule has 0 bridgehead atoms. The topological polar surface area (TPSA) is 54.9 Å². The van der Waals surface area contributed by atoms with Crippen LogP contribution in [0.15, 0.2) is 32.9 Å². The molecule has 4 nitrogen and oxygen atoms in total. The van der Waals surface area contributed by atoms with E-state index in [9.17, 15) is 4.79 Å². The van der Waals surface area contributed by atoms with Gasteiger partial charge in [0.15, 0.2) is 8.68 Å². The number of aromatic nitrogens is 2. The van der Waals surface area contributed by atoms with Crippen molar-refractivity contribution in [2.45, 2.75) is 47.2 Å². The molecule has 2 aromatic rings. The van der Waals surface area contributed by atoms with E-state index in [1.807, 2.05) is 31.2 Å². The Morgan fingerprint density at radius 1 is 1.33 bits per heavy atom. The summed E-state index contributed by atoms with van der Waals surface area (Å²) in [5.41, 5.74) is 0.912. The molecule has 0 aliphatic heterocycles. The third-order valence-electron chi connectivity index (χ3n) is 3.17. The number of amides is 1. The molecule has 0 radical (unpaired) electrons. The van der Waals surface area contributed by atoms with Crippen LogP contribution in [0.1, 0.15) is 32.3 Å². The molecule has 1 aromatic heterocycles. The van der Waals surface area contributed by atoms with Gasteiger partial charge in [0.25, 0.3) is 0 Å². The van der Waals surface area contributed by atoms with E-state index in [1.54, 1.807) is 23.1 Å². The molecule has 1 unspecified atom stereocenters. The van der Waals surface area contributed by atoms with Crippen LogP contribution in [-0.2, 0) is 11.3 Å². The van der Waals surface area contributed by atoms with Crippen molar-refractivity contribution in [1.82, 2.24) is 15.5 Å². The molecule has 2 rings (SSSR count). The Morgan fingerprint density at radius 2 is 2.08 bits per heavy atom. The lowest BCUT2D eigenvalue weighted by molar-refractivity contribution is -0.120. The van der Waals surface area contributed by atoms with Crippen LogP contribution in [0.2, 0.25) is 5.02 Å². The van der Waals surface area contributed by atoms with Crippen molar-refractivity contribution in [3.05, 3.63) is 34.9 Å². The first-order valence-corrected chi connectivity index (χ1v) is 10.8. The van der Waals surface area contributed by atoms with Gasteiger partial charge < -0.3 is 5.32 Å². The highest BCUT2D eigenvalue weighted by Gasteiger charge is 2.17. The fourth-order valence-corrected chi connectivity index (χ4v) is 5.32. The Hall–Kier alpha value is -0.760. The maximum absolute atomic E-state index is 12.2. The number of nitrogens with zero attached hydrogens (tertiary/aromatic N) is 2. The minimum atomic E-state index is -0.228. The minimum Gasteiger partial charge on any atom is -0.351 e. The number of nitrogens with one attached hydrogen (secondary N) is 1. The predicted molar refractivity (Wildman–Crippen MR) is 104 cm³/mol. The predicted octanol–water partition coefficient (Wildman–Crippen LogP) is 4.88. The van der Waals surface area contributed by atoms with Crippen molar-refractivity contribution in [3.8, 4) is 0 Å². The quantitative estimate of drug-likeness (QED) is 0.479. The van der Waals surface area contributed by atoms with Crippen molar-refractivity contribution in [3.63, 3.8) is 0 Å². The molecule has 0 aliphatic carbocycles. The first kappa shape index (κ1) is 19.6. The maximum atomic E-state index is 12.2. The number of thioether (sulfide) groups is 2. The molecule has 0 saturated heterocycles. The fraction of sp³-hybridized carbons (Fsp3) is 0.438. The van der Waals surface area contributed by atoms with Crippen molar-refractivity contribution in [2.24, 2.45) is 0 Å². The molecular weight excluding hydrogens is 382 g/mol. The van der Waals surface area contributed by atoms with E-state index in [-0.39, 0.29) is 11.2 Å². The molecule has 1 heterocycles. The highest BCUT2D eigenvalue weighted by molar-refractivity contribution is 8.03. The smallest absolute Gasteiger partial charge is 0.233 e. The molecule has 0 fully saturated rings. The average Bonchev–Trinajstić information content (AvgIpc) is 3.01. The van der Waals surface area contributed by atoms with E-state index in [0.717, 1.165) is 20.0 Å². The summed E-state index contributed by atoms with van der Waals surface area (Å²) in [6, 6.07) is 7.51. The summed E-state index contributed by atoms with van der Waals surface area (Å²) < 4.78 is 1.80. The monoisotopic (exact) mass is 401 g/mol. The SMILES string of the molecule is CCCCSc1nnc(SC(C)C(=O)NCc2ccccc2Cl)s1. The fourth-order valence-electron chi connectivity index (χ4n) is 1.78. The van der Waals surface area contributed by atoms with Crippen molar-refractivity contribution in [2.75, 3.05) is 5.75 Å². The number of unbranched alkanes of at least 4 members (excludes halogenated alkanes) is 1. The molecule has 130 valence electrons. The summed E-state index contributed by atoms with van der Waals surface area (Å²) in [6.45, 7) is 4.47. The normalized spacial score (nSPS) is 12.1. The molecule has 0 spiro atoms.